The number of carbonyl (C=O) groups excluding carboxylic acids is 1. The lowest BCUT2D eigenvalue weighted by molar-refractivity contribution is -0.137. The van der Waals surface area contributed by atoms with Crippen molar-refractivity contribution in [3.8, 4) is 0 Å². The van der Waals surface area contributed by atoms with Crippen LogP contribution in [0.2, 0.25) is 0 Å². The number of carbonyl (C=O) groups is 1. The first-order chi connectivity index (χ1) is 17.8. The third-order valence-electron chi connectivity index (χ3n) is 7.68. The fourth-order valence-electron chi connectivity index (χ4n) is 5.64. The summed E-state index contributed by atoms with van der Waals surface area (Å²) in [5.41, 5.74) is 3.01. The molecule has 1 saturated heterocycles. The van der Waals surface area contributed by atoms with Gasteiger partial charge >= 0.3 is 6.18 Å². The summed E-state index contributed by atoms with van der Waals surface area (Å²) >= 11 is 0. The van der Waals surface area contributed by atoms with E-state index in [2.05, 4.69) is 27.2 Å². The number of fused-ring (bicyclic) bond motifs is 3. The van der Waals surface area contributed by atoms with Gasteiger partial charge in [-0.3, -0.25) is 9.69 Å². The number of rotatable bonds is 6. The zero-order chi connectivity index (χ0) is 26.0. The molecule has 3 atom stereocenters. The number of nitrogens with one attached hydrogen (secondary N) is 1. The van der Waals surface area contributed by atoms with Gasteiger partial charge in [-0.15, -0.1) is 0 Å². The molecule has 3 aromatic rings. The van der Waals surface area contributed by atoms with Crippen LogP contribution in [0.4, 0.5) is 18.9 Å². The van der Waals surface area contributed by atoms with Gasteiger partial charge < -0.3 is 10.2 Å². The molecule has 37 heavy (non-hydrogen) atoms. The Bertz CT molecular complexity index is 1220. The van der Waals surface area contributed by atoms with Crippen LogP contribution in [0.3, 0.4) is 0 Å². The van der Waals surface area contributed by atoms with Crippen molar-refractivity contribution in [1.82, 2.24) is 10.2 Å². The Morgan fingerprint density at radius 1 is 1.00 bits per heavy atom. The van der Waals surface area contributed by atoms with Crippen LogP contribution in [-0.4, -0.2) is 43.0 Å². The van der Waals surface area contributed by atoms with E-state index in [0.29, 0.717) is 25.1 Å². The Morgan fingerprint density at radius 3 is 2.41 bits per heavy atom. The molecule has 0 spiro atoms. The number of nitrogens with zero attached hydrogens (tertiary/aromatic N) is 2. The standard InChI is InChI=1S/C30H32F3N3O/c1-21(23-10-6-3-7-11-23)34-29(37)26-19-24-18-25(30(31,32)33)12-13-27(24)36-17-16-35(20-28(26)36)15-14-22-8-4-2-5-9-22/h2-13,18,21,26,28H,14-17,19-20H2,1H3,(H,34,37). The minimum Gasteiger partial charge on any atom is -0.365 e. The maximum absolute atomic E-state index is 13.6. The zero-order valence-electron chi connectivity index (χ0n) is 20.9. The van der Waals surface area contributed by atoms with Gasteiger partial charge in [0.2, 0.25) is 5.91 Å². The largest absolute Gasteiger partial charge is 0.416 e. The first-order valence-electron chi connectivity index (χ1n) is 12.9. The number of amides is 1. The molecular formula is C30H32F3N3O. The third kappa shape index (κ3) is 5.67. The predicted octanol–water partition coefficient (Wildman–Crippen LogP) is 5.49. The number of piperazine rings is 1. The molecule has 0 saturated carbocycles. The fourth-order valence-corrected chi connectivity index (χ4v) is 5.64. The van der Waals surface area contributed by atoms with Crippen LogP contribution >= 0.6 is 0 Å². The van der Waals surface area contributed by atoms with Crippen molar-refractivity contribution in [3.63, 3.8) is 0 Å². The molecule has 1 N–H and O–H groups in total. The summed E-state index contributed by atoms with van der Waals surface area (Å²) in [6.45, 7) is 5.00. The monoisotopic (exact) mass is 507 g/mol. The van der Waals surface area contributed by atoms with Crippen LogP contribution in [0.25, 0.3) is 0 Å². The molecule has 0 aromatic heterocycles. The van der Waals surface area contributed by atoms with E-state index >= 15 is 0 Å². The van der Waals surface area contributed by atoms with Gasteiger partial charge in [-0.2, -0.15) is 13.2 Å². The third-order valence-corrected chi connectivity index (χ3v) is 7.68. The topological polar surface area (TPSA) is 35.6 Å². The summed E-state index contributed by atoms with van der Waals surface area (Å²) in [7, 11) is 0. The van der Waals surface area contributed by atoms with E-state index in [9.17, 15) is 18.0 Å². The van der Waals surface area contributed by atoms with Gasteiger partial charge in [0.1, 0.15) is 0 Å². The number of alkyl halides is 3. The summed E-state index contributed by atoms with van der Waals surface area (Å²) in [5, 5.41) is 3.14. The van der Waals surface area contributed by atoms with Crippen molar-refractivity contribution < 1.29 is 18.0 Å². The van der Waals surface area contributed by atoms with Gasteiger partial charge in [0.05, 0.1) is 23.6 Å². The molecule has 2 aliphatic heterocycles. The SMILES string of the molecule is CC(NC(=O)C1Cc2cc(C(F)(F)F)ccc2N2CCN(CCc3ccccc3)CC12)c1ccccc1. The number of halogens is 3. The molecule has 3 aromatic carbocycles. The molecule has 194 valence electrons. The van der Waals surface area contributed by atoms with Gasteiger partial charge in [0, 0.05) is 31.9 Å². The second-order valence-corrected chi connectivity index (χ2v) is 10.1. The van der Waals surface area contributed by atoms with Crippen molar-refractivity contribution in [3.05, 3.63) is 101 Å². The van der Waals surface area contributed by atoms with Crippen LogP contribution in [0, 0.1) is 5.92 Å². The van der Waals surface area contributed by atoms with E-state index in [1.54, 1.807) is 6.07 Å². The highest BCUT2D eigenvalue weighted by molar-refractivity contribution is 5.82. The molecule has 0 radical (unpaired) electrons. The quantitative estimate of drug-likeness (QED) is 0.480. The zero-order valence-corrected chi connectivity index (χ0v) is 20.9. The molecule has 7 heteroatoms. The van der Waals surface area contributed by atoms with Crippen molar-refractivity contribution in [2.24, 2.45) is 5.92 Å². The van der Waals surface area contributed by atoms with E-state index in [4.69, 9.17) is 0 Å². The lowest BCUT2D eigenvalue weighted by Gasteiger charge is -2.49. The first-order valence-corrected chi connectivity index (χ1v) is 12.9. The lowest BCUT2D eigenvalue weighted by Crippen LogP contribution is -2.61. The van der Waals surface area contributed by atoms with E-state index in [1.165, 1.54) is 11.6 Å². The Kier molecular flexibility index (Phi) is 7.24. The maximum Gasteiger partial charge on any atom is 0.416 e. The van der Waals surface area contributed by atoms with Crippen LogP contribution in [-0.2, 0) is 23.8 Å². The van der Waals surface area contributed by atoms with Gasteiger partial charge in [-0.05, 0) is 54.7 Å². The Morgan fingerprint density at radius 2 is 1.70 bits per heavy atom. The molecule has 4 nitrogen and oxygen atoms in total. The molecular weight excluding hydrogens is 475 g/mol. The first kappa shape index (κ1) is 25.3. The number of benzene rings is 3. The molecule has 0 aliphatic carbocycles. The second kappa shape index (κ2) is 10.6. The van der Waals surface area contributed by atoms with Crippen LogP contribution < -0.4 is 10.2 Å². The van der Waals surface area contributed by atoms with Crippen molar-refractivity contribution in [1.29, 1.82) is 0 Å². The van der Waals surface area contributed by atoms with Gasteiger partial charge in [0.15, 0.2) is 0 Å². The van der Waals surface area contributed by atoms with Crippen LogP contribution in [0.15, 0.2) is 78.9 Å². The van der Waals surface area contributed by atoms with Gasteiger partial charge in [-0.1, -0.05) is 60.7 Å². The number of anilines is 1. The smallest absolute Gasteiger partial charge is 0.365 e. The lowest BCUT2D eigenvalue weighted by atomic mass is 9.82. The van der Waals surface area contributed by atoms with Crippen molar-refractivity contribution in [2.75, 3.05) is 31.1 Å². The van der Waals surface area contributed by atoms with E-state index in [-0.39, 0.29) is 18.0 Å². The maximum atomic E-state index is 13.6. The van der Waals surface area contributed by atoms with E-state index < -0.39 is 17.7 Å². The molecule has 5 rings (SSSR count). The highest BCUT2D eigenvalue weighted by Gasteiger charge is 2.42. The second-order valence-electron chi connectivity index (χ2n) is 10.1. The van der Waals surface area contributed by atoms with E-state index in [0.717, 1.165) is 36.8 Å². The summed E-state index contributed by atoms with van der Waals surface area (Å²) < 4.78 is 40.4. The fraction of sp³-hybridized carbons (Fsp3) is 0.367. The van der Waals surface area contributed by atoms with Crippen LogP contribution in [0.1, 0.15) is 35.2 Å². The average molecular weight is 508 g/mol. The molecule has 1 amide bonds. The highest BCUT2D eigenvalue weighted by Crippen LogP contribution is 2.40. The minimum absolute atomic E-state index is 0.100. The summed E-state index contributed by atoms with van der Waals surface area (Å²) in [5.74, 6) is -0.555. The summed E-state index contributed by atoms with van der Waals surface area (Å²) in [6.07, 6.45) is -3.21. The Labute approximate surface area is 216 Å². The van der Waals surface area contributed by atoms with Gasteiger partial charge in [0.25, 0.3) is 0 Å². The minimum atomic E-state index is -4.42. The molecule has 3 unspecified atom stereocenters. The average Bonchev–Trinajstić information content (AvgIpc) is 2.91. The Balaban J connectivity index is 1.39. The molecule has 2 heterocycles. The van der Waals surface area contributed by atoms with Crippen LogP contribution in [0.5, 0.6) is 0 Å². The van der Waals surface area contributed by atoms with Gasteiger partial charge in [-0.25, -0.2) is 0 Å². The molecule has 1 fully saturated rings. The highest BCUT2D eigenvalue weighted by atomic mass is 19.4. The predicted molar refractivity (Wildman–Crippen MR) is 139 cm³/mol. The summed E-state index contributed by atoms with van der Waals surface area (Å²) in [4.78, 5) is 18.2. The van der Waals surface area contributed by atoms with Crippen molar-refractivity contribution in [2.45, 2.75) is 38.0 Å². The normalized spacial score (nSPS) is 20.6. The summed E-state index contributed by atoms with van der Waals surface area (Å²) in [6, 6.07) is 23.7. The number of hydrogen-bond acceptors (Lipinski definition) is 3. The Hall–Kier alpha value is -3.32. The number of hydrogen-bond donors (Lipinski definition) is 1. The van der Waals surface area contributed by atoms with E-state index in [1.807, 2.05) is 55.5 Å². The van der Waals surface area contributed by atoms with Crippen molar-refractivity contribution >= 4 is 11.6 Å². The molecule has 2 aliphatic rings. The molecule has 0 bridgehead atoms.